The van der Waals surface area contributed by atoms with Gasteiger partial charge < -0.3 is 5.32 Å². The molecule has 0 unspecified atom stereocenters. The molecule has 0 fully saturated rings. The van der Waals surface area contributed by atoms with E-state index in [1.165, 1.54) is 11.3 Å². The Labute approximate surface area is 96.3 Å². The molecular formula is C9H9ClN4S. The van der Waals surface area contributed by atoms with Crippen molar-refractivity contribution < 1.29 is 0 Å². The van der Waals surface area contributed by atoms with Crippen LogP contribution in [-0.2, 0) is 0 Å². The van der Waals surface area contributed by atoms with Crippen LogP contribution in [0.25, 0.3) is 10.6 Å². The molecule has 0 saturated heterocycles. The lowest BCUT2D eigenvalue weighted by molar-refractivity contribution is 1.05. The second-order valence-corrected chi connectivity index (χ2v) is 4.50. The van der Waals surface area contributed by atoms with Crippen LogP contribution in [-0.4, -0.2) is 22.2 Å². The standard InChI is InChI=1S/C9H9ClN4S/c1-5-13-14-9(15-5)6-4-12-8(10)3-7(6)11-2/h3-4H,1-2H3,(H,11,12). The van der Waals surface area contributed by atoms with Gasteiger partial charge in [-0.25, -0.2) is 4.98 Å². The van der Waals surface area contributed by atoms with Crippen molar-refractivity contribution in [2.45, 2.75) is 6.92 Å². The van der Waals surface area contributed by atoms with Gasteiger partial charge in [-0.3, -0.25) is 0 Å². The molecule has 2 heterocycles. The zero-order chi connectivity index (χ0) is 10.8. The van der Waals surface area contributed by atoms with Crippen molar-refractivity contribution in [3.05, 3.63) is 22.4 Å². The smallest absolute Gasteiger partial charge is 0.151 e. The Balaban J connectivity index is 2.52. The zero-order valence-corrected chi connectivity index (χ0v) is 9.85. The molecule has 0 aliphatic rings. The van der Waals surface area contributed by atoms with Gasteiger partial charge in [-0.1, -0.05) is 22.9 Å². The average molecular weight is 241 g/mol. The van der Waals surface area contributed by atoms with E-state index in [2.05, 4.69) is 20.5 Å². The molecule has 0 atom stereocenters. The summed E-state index contributed by atoms with van der Waals surface area (Å²) in [6.45, 7) is 1.92. The first-order valence-electron chi connectivity index (χ1n) is 4.34. The van der Waals surface area contributed by atoms with E-state index >= 15 is 0 Å². The molecule has 1 N–H and O–H groups in total. The van der Waals surface area contributed by atoms with Gasteiger partial charge in [-0.15, -0.1) is 10.2 Å². The topological polar surface area (TPSA) is 50.7 Å². The number of hydrogen-bond acceptors (Lipinski definition) is 5. The van der Waals surface area contributed by atoms with Crippen LogP contribution in [0.15, 0.2) is 12.3 Å². The molecular weight excluding hydrogens is 232 g/mol. The summed E-state index contributed by atoms with van der Waals surface area (Å²) in [7, 11) is 1.84. The Hall–Kier alpha value is -1.20. The minimum Gasteiger partial charge on any atom is -0.387 e. The summed E-state index contributed by atoms with van der Waals surface area (Å²) in [5.41, 5.74) is 1.83. The molecule has 0 spiro atoms. The number of nitrogens with one attached hydrogen (secondary N) is 1. The van der Waals surface area contributed by atoms with Gasteiger partial charge >= 0.3 is 0 Å². The third-order valence-corrected chi connectivity index (χ3v) is 2.98. The van der Waals surface area contributed by atoms with Crippen LogP contribution in [0.1, 0.15) is 5.01 Å². The van der Waals surface area contributed by atoms with E-state index in [1.807, 2.05) is 14.0 Å². The van der Waals surface area contributed by atoms with Gasteiger partial charge in [0, 0.05) is 18.9 Å². The molecule has 0 amide bonds. The fourth-order valence-electron chi connectivity index (χ4n) is 1.21. The molecule has 6 heteroatoms. The molecule has 0 bridgehead atoms. The molecule has 2 aromatic rings. The normalized spacial score (nSPS) is 10.3. The molecule has 0 aromatic carbocycles. The molecule has 0 saturated carbocycles. The summed E-state index contributed by atoms with van der Waals surface area (Å²) in [5, 5.41) is 13.3. The number of halogens is 1. The van der Waals surface area contributed by atoms with E-state index in [0.29, 0.717) is 5.15 Å². The fourth-order valence-corrected chi connectivity index (χ4v) is 2.09. The van der Waals surface area contributed by atoms with E-state index in [1.54, 1.807) is 12.3 Å². The van der Waals surface area contributed by atoms with E-state index in [9.17, 15) is 0 Å². The van der Waals surface area contributed by atoms with Crippen molar-refractivity contribution in [1.29, 1.82) is 0 Å². The van der Waals surface area contributed by atoms with E-state index < -0.39 is 0 Å². The van der Waals surface area contributed by atoms with Crippen molar-refractivity contribution in [2.24, 2.45) is 0 Å². The Morgan fingerprint density at radius 1 is 1.40 bits per heavy atom. The minimum absolute atomic E-state index is 0.462. The summed E-state index contributed by atoms with van der Waals surface area (Å²) in [5.74, 6) is 0. The molecule has 78 valence electrons. The SMILES string of the molecule is CNc1cc(Cl)ncc1-c1nnc(C)s1. The number of aromatic nitrogens is 3. The molecule has 4 nitrogen and oxygen atoms in total. The average Bonchev–Trinajstić information content (AvgIpc) is 2.64. The van der Waals surface area contributed by atoms with Crippen molar-refractivity contribution in [2.75, 3.05) is 12.4 Å². The van der Waals surface area contributed by atoms with Crippen LogP contribution in [0.2, 0.25) is 5.15 Å². The molecule has 0 aliphatic heterocycles. The summed E-state index contributed by atoms with van der Waals surface area (Å²) in [4.78, 5) is 4.04. The molecule has 2 aromatic heterocycles. The maximum Gasteiger partial charge on any atom is 0.151 e. The first kappa shape index (κ1) is 10.3. The van der Waals surface area contributed by atoms with E-state index in [-0.39, 0.29) is 0 Å². The highest BCUT2D eigenvalue weighted by atomic mass is 35.5. The first-order valence-corrected chi connectivity index (χ1v) is 5.54. The van der Waals surface area contributed by atoms with Crippen LogP contribution in [0.5, 0.6) is 0 Å². The first-order chi connectivity index (χ1) is 7.20. The predicted octanol–water partition coefficient (Wildman–Crippen LogP) is 2.60. The van der Waals surface area contributed by atoms with Crippen molar-refractivity contribution in [3.8, 4) is 10.6 Å². The van der Waals surface area contributed by atoms with Crippen molar-refractivity contribution >= 4 is 28.6 Å². The Kier molecular flexibility index (Phi) is 2.83. The van der Waals surface area contributed by atoms with E-state index in [0.717, 1.165) is 21.3 Å². The third kappa shape index (κ3) is 2.08. The zero-order valence-electron chi connectivity index (χ0n) is 8.28. The summed E-state index contributed by atoms with van der Waals surface area (Å²) in [6.07, 6.45) is 1.70. The summed E-state index contributed by atoms with van der Waals surface area (Å²) in [6, 6.07) is 1.77. The lowest BCUT2D eigenvalue weighted by atomic mass is 10.2. The Morgan fingerprint density at radius 2 is 2.20 bits per heavy atom. The monoisotopic (exact) mass is 240 g/mol. The van der Waals surface area contributed by atoms with Gasteiger partial charge in [-0.2, -0.15) is 0 Å². The Bertz CT molecular complexity index is 483. The quantitative estimate of drug-likeness (QED) is 0.820. The van der Waals surface area contributed by atoms with Gasteiger partial charge in [0.05, 0.1) is 5.56 Å². The fraction of sp³-hybridized carbons (Fsp3) is 0.222. The number of pyridine rings is 1. The Morgan fingerprint density at radius 3 is 2.80 bits per heavy atom. The number of aryl methyl sites for hydroxylation is 1. The van der Waals surface area contributed by atoms with Crippen LogP contribution < -0.4 is 5.32 Å². The van der Waals surface area contributed by atoms with Crippen molar-refractivity contribution in [1.82, 2.24) is 15.2 Å². The lowest BCUT2D eigenvalue weighted by Crippen LogP contribution is -1.93. The minimum atomic E-state index is 0.462. The number of anilines is 1. The maximum absolute atomic E-state index is 5.80. The lowest BCUT2D eigenvalue weighted by Gasteiger charge is -2.05. The molecule has 15 heavy (non-hydrogen) atoms. The highest BCUT2D eigenvalue weighted by Gasteiger charge is 2.09. The van der Waals surface area contributed by atoms with Crippen LogP contribution >= 0.6 is 22.9 Å². The van der Waals surface area contributed by atoms with Gasteiger partial charge in [-0.05, 0) is 13.0 Å². The van der Waals surface area contributed by atoms with E-state index in [4.69, 9.17) is 11.6 Å². The predicted molar refractivity (Wildman–Crippen MR) is 62.4 cm³/mol. The summed E-state index contributed by atoms with van der Waals surface area (Å²) >= 11 is 7.34. The van der Waals surface area contributed by atoms with Gasteiger partial charge in [0.1, 0.15) is 10.2 Å². The van der Waals surface area contributed by atoms with Crippen LogP contribution in [0.4, 0.5) is 5.69 Å². The number of nitrogens with zero attached hydrogens (tertiary/aromatic N) is 3. The highest BCUT2D eigenvalue weighted by Crippen LogP contribution is 2.30. The van der Waals surface area contributed by atoms with Gasteiger partial charge in [0.15, 0.2) is 5.01 Å². The highest BCUT2D eigenvalue weighted by molar-refractivity contribution is 7.14. The molecule has 0 aliphatic carbocycles. The number of rotatable bonds is 2. The van der Waals surface area contributed by atoms with Gasteiger partial charge in [0.2, 0.25) is 0 Å². The van der Waals surface area contributed by atoms with Crippen LogP contribution in [0.3, 0.4) is 0 Å². The summed E-state index contributed by atoms with van der Waals surface area (Å²) < 4.78 is 0. The second kappa shape index (κ2) is 4.12. The second-order valence-electron chi connectivity index (χ2n) is 2.93. The van der Waals surface area contributed by atoms with Gasteiger partial charge in [0.25, 0.3) is 0 Å². The molecule has 2 rings (SSSR count). The van der Waals surface area contributed by atoms with Crippen molar-refractivity contribution in [3.63, 3.8) is 0 Å². The maximum atomic E-state index is 5.80. The van der Waals surface area contributed by atoms with Crippen LogP contribution in [0, 0.1) is 6.92 Å². The molecule has 0 radical (unpaired) electrons. The number of hydrogen-bond donors (Lipinski definition) is 1. The largest absolute Gasteiger partial charge is 0.387 e. The third-order valence-electron chi connectivity index (χ3n) is 1.90.